The SMILES string of the molecule is CCOC(=O)C1=C(C)NC2=C(C(=O)C[C@@H](c3ccccc3)C2)[C@@H]1c1ccc(N(CC)CC)cc1. The van der Waals surface area contributed by atoms with Gasteiger partial charge in [0.05, 0.1) is 12.2 Å². The minimum Gasteiger partial charge on any atom is -0.463 e. The quantitative estimate of drug-likeness (QED) is 0.559. The molecule has 0 bridgehead atoms. The van der Waals surface area contributed by atoms with Gasteiger partial charge in [0.25, 0.3) is 0 Å². The Morgan fingerprint density at radius 1 is 0.971 bits per heavy atom. The first-order valence-corrected chi connectivity index (χ1v) is 12.3. The number of ketones is 1. The summed E-state index contributed by atoms with van der Waals surface area (Å²) in [6.07, 6.45) is 1.18. The second-order valence-electron chi connectivity index (χ2n) is 8.91. The summed E-state index contributed by atoms with van der Waals surface area (Å²) in [4.78, 5) is 29.0. The number of Topliss-reactive ketones (excluding diaryl/α,β-unsaturated/α-hetero) is 1. The number of carbonyl (C=O) groups excluding carboxylic acids is 2. The number of carbonyl (C=O) groups is 2. The van der Waals surface area contributed by atoms with Crippen molar-refractivity contribution in [3.8, 4) is 0 Å². The van der Waals surface area contributed by atoms with Crippen LogP contribution in [0.3, 0.4) is 0 Å². The van der Waals surface area contributed by atoms with E-state index in [0.717, 1.165) is 42.2 Å². The van der Waals surface area contributed by atoms with Gasteiger partial charge in [0.2, 0.25) is 0 Å². The van der Waals surface area contributed by atoms with Crippen molar-refractivity contribution in [2.45, 2.75) is 52.4 Å². The molecule has 0 fully saturated rings. The zero-order valence-corrected chi connectivity index (χ0v) is 20.6. The molecule has 2 atom stereocenters. The van der Waals surface area contributed by atoms with Crippen LogP contribution in [0.4, 0.5) is 5.69 Å². The highest BCUT2D eigenvalue weighted by Gasteiger charge is 2.41. The molecule has 0 radical (unpaired) electrons. The number of rotatable bonds is 7. The van der Waals surface area contributed by atoms with Crippen LogP contribution in [-0.4, -0.2) is 31.4 Å². The summed E-state index contributed by atoms with van der Waals surface area (Å²) in [6.45, 7) is 10.1. The Hall–Kier alpha value is -3.34. The molecule has 178 valence electrons. The minimum absolute atomic E-state index is 0.0923. The fourth-order valence-electron chi connectivity index (χ4n) is 5.28. The zero-order valence-electron chi connectivity index (χ0n) is 20.6. The van der Waals surface area contributed by atoms with Crippen molar-refractivity contribution in [2.24, 2.45) is 0 Å². The molecule has 0 unspecified atom stereocenters. The number of dihydropyridines is 1. The maximum absolute atomic E-state index is 13.6. The zero-order chi connectivity index (χ0) is 24.2. The molecule has 1 N–H and O–H groups in total. The predicted octanol–water partition coefficient (Wildman–Crippen LogP) is 5.46. The molecule has 0 spiro atoms. The van der Waals surface area contributed by atoms with Crippen molar-refractivity contribution in [1.29, 1.82) is 0 Å². The molecule has 2 aliphatic rings. The van der Waals surface area contributed by atoms with Crippen molar-refractivity contribution in [1.82, 2.24) is 5.32 Å². The average molecular weight is 459 g/mol. The van der Waals surface area contributed by atoms with E-state index in [1.807, 2.05) is 25.1 Å². The van der Waals surface area contributed by atoms with Crippen LogP contribution in [-0.2, 0) is 14.3 Å². The molecule has 5 nitrogen and oxygen atoms in total. The van der Waals surface area contributed by atoms with Gasteiger partial charge in [-0.1, -0.05) is 42.5 Å². The lowest BCUT2D eigenvalue weighted by molar-refractivity contribution is -0.138. The van der Waals surface area contributed by atoms with Gasteiger partial charge < -0.3 is 15.0 Å². The van der Waals surface area contributed by atoms with Gasteiger partial charge in [0, 0.05) is 48.1 Å². The third-order valence-electron chi connectivity index (χ3n) is 6.95. The molecule has 0 saturated carbocycles. The van der Waals surface area contributed by atoms with Gasteiger partial charge in [-0.25, -0.2) is 4.79 Å². The Kier molecular flexibility index (Phi) is 7.20. The lowest BCUT2D eigenvalue weighted by Gasteiger charge is -2.37. The van der Waals surface area contributed by atoms with E-state index < -0.39 is 5.92 Å². The van der Waals surface area contributed by atoms with E-state index in [0.29, 0.717) is 24.2 Å². The van der Waals surface area contributed by atoms with Crippen LogP contribution in [0, 0.1) is 0 Å². The van der Waals surface area contributed by atoms with Crippen LogP contribution in [0.5, 0.6) is 0 Å². The lowest BCUT2D eigenvalue weighted by atomic mass is 9.71. The topological polar surface area (TPSA) is 58.6 Å². The molecule has 0 aromatic heterocycles. The van der Waals surface area contributed by atoms with E-state index >= 15 is 0 Å². The summed E-state index contributed by atoms with van der Waals surface area (Å²) < 4.78 is 5.43. The van der Waals surface area contributed by atoms with E-state index in [-0.39, 0.29) is 17.7 Å². The summed E-state index contributed by atoms with van der Waals surface area (Å²) in [5.41, 5.74) is 6.17. The Labute approximate surface area is 202 Å². The molecule has 0 amide bonds. The van der Waals surface area contributed by atoms with Crippen molar-refractivity contribution < 1.29 is 14.3 Å². The van der Waals surface area contributed by atoms with E-state index in [4.69, 9.17) is 4.74 Å². The highest BCUT2D eigenvalue weighted by molar-refractivity contribution is 6.04. The van der Waals surface area contributed by atoms with Crippen LogP contribution in [0.2, 0.25) is 0 Å². The summed E-state index contributed by atoms with van der Waals surface area (Å²) >= 11 is 0. The van der Waals surface area contributed by atoms with Gasteiger partial charge in [-0.2, -0.15) is 0 Å². The Morgan fingerprint density at radius 2 is 1.65 bits per heavy atom. The van der Waals surface area contributed by atoms with E-state index in [1.54, 1.807) is 6.92 Å². The number of nitrogens with zero attached hydrogens (tertiary/aromatic N) is 1. The average Bonchev–Trinajstić information content (AvgIpc) is 2.85. The molecular formula is C29H34N2O3. The fraction of sp³-hybridized carbons (Fsp3) is 0.379. The van der Waals surface area contributed by atoms with Crippen LogP contribution in [0.1, 0.15) is 63.5 Å². The molecule has 2 aromatic carbocycles. The highest BCUT2D eigenvalue weighted by Crippen LogP contribution is 2.45. The van der Waals surface area contributed by atoms with Gasteiger partial charge in [-0.3, -0.25) is 4.79 Å². The monoisotopic (exact) mass is 458 g/mol. The molecule has 34 heavy (non-hydrogen) atoms. The van der Waals surface area contributed by atoms with Gasteiger partial charge in [0.15, 0.2) is 5.78 Å². The minimum atomic E-state index is -0.426. The largest absolute Gasteiger partial charge is 0.463 e. The highest BCUT2D eigenvalue weighted by atomic mass is 16.5. The molecule has 4 rings (SSSR count). The fourth-order valence-corrected chi connectivity index (χ4v) is 5.28. The third kappa shape index (κ3) is 4.52. The molecule has 1 heterocycles. The van der Waals surface area contributed by atoms with Crippen molar-refractivity contribution in [3.63, 3.8) is 0 Å². The Balaban J connectivity index is 1.77. The van der Waals surface area contributed by atoms with Crippen LogP contribution >= 0.6 is 0 Å². The third-order valence-corrected chi connectivity index (χ3v) is 6.95. The number of benzene rings is 2. The Morgan fingerprint density at radius 3 is 2.26 bits per heavy atom. The van der Waals surface area contributed by atoms with Crippen molar-refractivity contribution in [3.05, 3.63) is 88.3 Å². The molecule has 1 aliphatic carbocycles. The van der Waals surface area contributed by atoms with Crippen molar-refractivity contribution >= 4 is 17.4 Å². The molecule has 5 heteroatoms. The summed E-state index contributed by atoms with van der Waals surface area (Å²) in [5.74, 6) is -0.572. The molecular weight excluding hydrogens is 424 g/mol. The first-order chi connectivity index (χ1) is 16.5. The van der Waals surface area contributed by atoms with Gasteiger partial charge >= 0.3 is 5.97 Å². The van der Waals surface area contributed by atoms with E-state index in [1.165, 1.54) is 5.56 Å². The maximum atomic E-state index is 13.6. The van der Waals surface area contributed by atoms with Gasteiger partial charge in [-0.05, 0) is 63.3 Å². The number of hydrogen-bond donors (Lipinski definition) is 1. The van der Waals surface area contributed by atoms with Crippen molar-refractivity contribution in [2.75, 3.05) is 24.6 Å². The summed E-state index contributed by atoms with van der Waals surface area (Å²) in [5, 5.41) is 3.41. The standard InChI is InChI=1S/C29H34N2O3/c1-5-31(6-2)23-15-13-21(14-16-23)27-26(29(33)34-7-3)19(4)30-24-17-22(18-25(32)28(24)27)20-11-9-8-10-12-20/h8-16,22,27,30H,5-7,17-18H2,1-4H3/t22-,27+/m0/s1. The number of hydrogen-bond acceptors (Lipinski definition) is 5. The molecule has 0 saturated heterocycles. The number of ether oxygens (including phenoxy) is 1. The molecule has 2 aromatic rings. The lowest BCUT2D eigenvalue weighted by Crippen LogP contribution is -2.36. The van der Waals surface area contributed by atoms with Gasteiger partial charge in [-0.15, -0.1) is 0 Å². The van der Waals surface area contributed by atoms with Crippen LogP contribution in [0.15, 0.2) is 77.1 Å². The molecule has 1 aliphatic heterocycles. The first kappa shape index (κ1) is 23.8. The van der Waals surface area contributed by atoms with E-state index in [9.17, 15) is 9.59 Å². The Bertz CT molecular complexity index is 1110. The second kappa shape index (κ2) is 10.3. The maximum Gasteiger partial charge on any atom is 0.336 e. The summed E-state index contributed by atoms with van der Waals surface area (Å²) in [7, 11) is 0. The smallest absolute Gasteiger partial charge is 0.336 e. The first-order valence-electron chi connectivity index (χ1n) is 12.3. The van der Waals surface area contributed by atoms with E-state index in [2.05, 4.69) is 60.5 Å². The predicted molar refractivity (Wildman–Crippen MR) is 136 cm³/mol. The second-order valence-corrected chi connectivity index (χ2v) is 8.91. The number of nitrogens with one attached hydrogen (secondary N) is 1. The van der Waals surface area contributed by atoms with Crippen LogP contribution in [0.25, 0.3) is 0 Å². The summed E-state index contributed by atoms with van der Waals surface area (Å²) in [6, 6.07) is 18.5. The number of esters is 1. The normalized spacial score (nSPS) is 20.1. The van der Waals surface area contributed by atoms with Crippen LogP contribution < -0.4 is 10.2 Å². The van der Waals surface area contributed by atoms with Gasteiger partial charge in [0.1, 0.15) is 0 Å². The number of anilines is 1. The number of allylic oxidation sites excluding steroid dienone is 3.